The first-order chi connectivity index (χ1) is 6.72. The average molecular weight is 201 g/mol. The fraction of sp³-hybridized carbons (Fsp3) is 1.00. The lowest BCUT2D eigenvalue weighted by atomic mass is 9.81. The maximum atomic E-state index is 9.43. The molecule has 2 N–H and O–H groups in total. The Labute approximate surface area is 86.8 Å². The molecule has 84 valence electrons. The van der Waals surface area contributed by atoms with Crippen molar-refractivity contribution in [1.82, 2.24) is 5.32 Å². The molecule has 0 aromatic rings. The van der Waals surface area contributed by atoms with E-state index < -0.39 is 0 Å². The van der Waals surface area contributed by atoms with Crippen molar-refractivity contribution in [2.75, 3.05) is 26.4 Å². The maximum Gasteiger partial charge on any atom is 0.0501 e. The third-order valence-corrected chi connectivity index (χ3v) is 3.33. The predicted molar refractivity (Wildman–Crippen MR) is 57.3 cm³/mol. The van der Waals surface area contributed by atoms with Crippen molar-refractivity contribution in [2.45, 2.75) is 39.2 Å². The van der Waals surface area contributed by atoms with E-state index in [1.807, 2.05) is 0 Å². The molecule has 1 atom stereocenters. The van der Waals surface area contributed by atoms with Crippen LogP contribution in [0.5, 0.6) is 0 Å². The van der Waals surface area contributed by atoms with E-state index in [0.717, 1.165) is 39.0 Å². The number of ether oxygens (including phenoxy) is 1. The normalized spacial score (nSPS) is 23.4. The Morgan fingerprint density at radius 3 is 2.57 bits per heavy atom. The predicted octanol–water partition coefficient (Wildman–Crippen LogP) is 1.16. The lowest BCUT2D eigenvalue weighted by Crippen LogP contribution is -2.44. The largest absolute Gasteiger partial charge is 0.396 e. The van der Waals surface area contributed by atoms with Gasteiger partial charge in [-0.15, -0.1) is 0 Å². The Hall–Kier alpha value is -0.120. The van der Waals surface area contributed by atoms with Gasteiger partial charge < -0.3 is 15.2 Å². The van der Waals surface area contributed by atoms with Crippen LogP contribution in [0.3, 0.4) is 0 Å². The molecule has 1 rings (SSSR count). The number of aliphatic hydroxyl groups excluding tert-OH is 1. The Kier molecular flexibility index (Phi) is 4.85. The number of hydrogen-bond donors (Lipinski definition) is 2. The molecule has 0 aromatic heterocycles. The van der Waals surface area contributed by atoms with Crippen LogP contribution >= 0.6 is 0 Å². The summed E-state index contributed by atoms with van der Waals surface area (Å²) in [6, 6.07) is 0.543. The van der Waals surface area contributed by atoms with Gasteiger partial charge in [0.2, 0.25) is 0 Å². The molecular weight excluding hydrogens is 178 g/mol. The Morgan fingerprint density at radius 2 is 2.07 bits per heavy atom. The van der Waals surface area contributed by atoms with Crippen LogP contribution in [0.15, 0.2) is 0 Å². The van der Waals surface area contributed by atoms with Crippen molar-refractivity contribution in [3.8, 4) is 0 Å². The molecule has 0 spiro atoms. The van der Waals surface area contributed by atoms with Crippen molar-refractivity contribution >= 4 is 0 Å². The molecule has 0 bridgehead atoms. The second kappa shape index (κ2) is 5.69. The van der Waals surface area contributed by atoms with Gasteiger partial charge in [-0.2, -0.15) is 0 Å². The van der Waals surface area contributed by atoms with Gasteiger partial charge in [0.15, 0.2) is 0 Å². The van der Waals surface area contributed by atoms with E-state index in [4.69, 9.17) is 4.74 Å². The highest BCUT2D eigenvalue weighted by molar-refractivity contribution is 4.84. The highest BCUT2D eigenvalue weighted by atomic mass is 16.5. The zero-order chi connectivity index (χ0) is 10.4. The topological polar surface area (TPSA) is 41.5 Å². The van der Waals surface area contributed by atoms with Crippen molar-refractivity contribution < 1.29 is 9.84 Å². The minimum Gasteiger partial charge on any atom is -0.396 e. The molecule has 1 saturated heterocycles. The smallest absolute Gasteiger partial charge is 0.0501 e. The van der Waals surface area contributed by atoms with Crippen LogP contribution in [0, 0.1) is 5.41 Å². The summed E-state index contributed by atoms with van der Waals surface area (Å²) in [4.78, 5) is 0. The van der Waals surface area contributed by atoms with Gasteiger partial charge in [-0.25, -0.2) is 0 Å². The van der Waals surface area contributed by atoms with Crippen LogP contribution in [0.25, 0.3) is 0 Å². The van der Waals surface area contributed by atoms with Gasteiger partial charge in [-0.3, -0.25) is 0 Å². The maximum absolute atomic E-state index is 9.43. The first kappa shape index (κ1) is 12.0. The zero-order valence-electron chi connectivity index (χ0n) is 9.38. The molecule has 14 heavy (non-hydrogen) atoms. The van der Waals surface area contributed by atoms with Crippen molar-refractivity contribution in [2.24, 2.45) is 5.41 Å². The van der Waals surface area contributed by atoms with Crippen molar-refractivity contribution in [3.63, 3.8) is 0 Å². The molecule has 1 fully saturated rings. The molecule has 3 heteroatoms. The first-order valence-electron chi connectivity index (χ1n) is 5.64. The van der Waals surface area contributed by atoms with Gasteiger partial charge >= 0.3 is 0 Å². The zero-order valence-corrected chi connectivity index (χ0v) is 9.38. The minimum absolute atomic E-state index is 0.0711. The monoisotopic (exact) mass is 201 g/mol. The molecule has 3 nitrogen and oxygen atoms in total. The summed E-state index contributed by atoms with van der Waals surface area (Å²) in [6.07, 6.45) is 3.10. The molecule has 1 unspecified atom stereocenters. The minimum atomic E-state index is 0.0711. The molecule has 1 heterocycles. The molecule has 0 radical (unpaired) electrons. The Bertz CT molecular complexity index is 155. The SMILES string of the molecule is CCC(C)NCC1(CO)CCOCC1. The van der Waals surface area contributed by atoms with Gasteiger partial charge in [0.1, 0.15) is 0 Å². The number of hydrogen-bond acceptors (Lipinski definition) is 3. The van der Waals surface area contributed by atoms with Crippen LogP contribution < -0.4 is 5.32 Å². The standard InChI is InChI=1S/C11H23NO2/c1-3-10(2)12-8-11(9-13)4-6-14-7-5-11/h10,12-13H,3-9H2,1-2H3. The van der Waals surface area contributed by atoms with Gasteiger partial charge in [0, 0.05) is 31.2 Å². The molecule has 1 aliphatic heterocycles. The van der Waals surface area contributed by atoms with Gasteiger partial charge in [0.25, 0.3) is 0 Å². The van der Waals surface area contributed by atoms with E-state index in [2.05, 4.69) is 19.2 Å². The Morgan fingerprint density at radius 1 is 1.43 bits per heavy atom. The van der Waals surface area contributed by atoms with Gasteiger partial charge in [0.05, 0.1) is 6.61 Å². The lowest BCUT2D eigenvalue weighted by Gasteiger charge is -2.36. The molecule has 0 aliphatic carbocycles. The van der Waals surface area contributed by atoms with E-state index >= 15 is 0 Å². The van der Waals surface area contributed by atoms with Crippen LogP contribution in [0.4, 0.5) is 0 Å². The highest BCUT2D eigenvalue weighted by Crippen LogP contribution is 2.29. The van der Waals surface area contributed by atoms with E-state index in [-0.39, 0.29) is 12.0 Å². The summed E-state index contributed by atoms with van der Waals surface area (Å²) >= 11 is 0. The van der Waals surface area contributed by atoms with E-state index in [9.17, 15) is 5.11 Å². The third kappa shape index (κ3) is 3.23. The average Bonchev–Trinajstić information content (AvgIpc) is 2.27. The summed E-state index contributed by atoms with van der Waals surface area (Å²) in [7, 11) is 0. The van der Waals surface area contributed by atoms with Crippen molar-refractivity contribution in [3.05, 3.63) is 0 Å². The summed E-state index contributed by atoms with van der Waals surface area (Å²) in [6.45, 7) is 7.14. The Balaban J connectivity index is 2.36. The fourth-order valence-electron chi connectivity index (χ4n) is 1.73. The fourth-order valence-corrected chi connectivity index (χ4v) is 1.73. The molecule has 1 aliphatic rings. The summed E-state index contributed by atoms with van der Waals surface area (Å²) < 4.78 is 5.32. The second-order valence-corrected chi connectivity index (χ2v) is 4.46. The summed E-state index contributed by atoms with van der Waals surface area (Å²) in [5.74, 6) is 0. The van der Waals surface area contributed by atoms with E-state index in [0.29, 0.717) is 6.04 Å². The van der Waals surface area contributed by atoms with Crippen LogP contribution in [-0.4, -0.2) is 37.5 Å². The van der Waals surface area contributed by atoms with Crippen LogP contribution in [0.1, 0.15) is 33.1 Å². The summed E-state index contributed by atoms with van der Waals surface area (Å²) in [5, 5.41) is 12.9. The van der Waals surface area contributed by atoms with E-state index in [1.165, 1.54) is 0 Å². The first-order valence-corrected chi connectivity index (χ1v) is 5.64. The molecule has 0 amide bonds. The van der Waals surface area contributed by atoms with Crippen LogP contribution in [0.2, 0.25) is 0 Å². The molecule has 0 saturated carbocycles. The van der Waals surface area contributed by atoms with Gasteiger partial charge in [-0.1, -0.05) is 6.92 Å². The number of nitrogens with one attached hydrogen (secondary N) is 1. The summed E-state index contributed by atoms with van der Waals surface area (Å²) in [5.41, 5.74) is 0.0711. The second-order valence-electron chi connectivity index (χ2n) is 4.46. The van der Waals surface area contributed by atoms with E-state index in [1.54, 1.807) is 0 Å². The van der Waals surface area contributed by atoms with Crippen molar-refractivity contribution in [1.29, 1.82) is 0 Å². The lowest BCUT2D eigenvalue weighted by molar-refractivity contribution is -0.0163. The highest BCUT2D eigenvalue weighted by Gasteiger charge is 2.31. The third-order valence-electron chi connectivity index (χ3n) is 3.33. The number of aliphatic hydroxyl groups is 1. The molecular formula is C11H23NO2. The van der Waals surface area contributed by atoms with Crippen LogP contribution in [-0.2, 0) is 4.74 Å². The quantitative estimate of drug-likeness (QED) is 0.701. The van der Waals surface area contributed by atoms with Gasteiger partial charge in [-0.05, 0) is 26.2 Å². The number of rotatable bonds is 5. The molecule has 0 aromatic carbocycles.